The van der Waals surface area contributed by atoms with E-state index in [1.807, 2.05) is 29.1 Å². The Morgan fingerprint density at radius 3 is 2.85 bits per heavy atom. The van der Waals surface area contributed by atoms with Gasteiger partial charge in [0.2, 0.25) is 0 Å². The minimum atomic E-state index is -0.255. The van der Waals surface area contributed by atoms with Crippen molar-refractivity contribution in [1.29, 1.82) is 0 Å². The molecule has 3 aromatic heterocycles. The van der Waals surface area contributed by atoms with Crippen molar-refractivity contribution >= 4 is 5.91 Å². The van der Waals surface area contributed by atoms with Gasteiger partial charge in [0, 0.05) is 24.4 Å². The van der Waals surface area contributed by atoms with Gasteiger partial charge in [-0.25, -0.2) is 0 Å². The molecule has 0 bridgehead atoms. The number of hydrogen-bond acceptors (Lipinski definition) is 4. The van der Waals surface area contributed by atoms with Gasteiger partial charge < -0.3 is 9.73 Å². The second-order valence-electron chi connectivity index (χ2n) is 5.86. The molecule has 1 amide bonds. The second-order valence-corrected chi connectivity index (χ2v) is 5.86. The number of aromatic nitrogens is 4. The molecule has 7 heteroatoms. The summed E-state index contributed by atoms with van der Waals surface area (Å²) in [5.41, 5.74) is 3.08. The third kappa shape index (κ3) is 3.56. The molecule has 0 spiro atoms. The number of amides is 1. The monoisotopic (exact) mass is 347 g/mol. The van der Waals surface area contributed by atoms with E-state index in [1.54, 1.807) is 30.7 Å². The molecule has 1 aromatic carbocycles. The molecule has 2 N–H and O–H groups in total. The lowest BCUT2D eigenvalue weighted by Crippen LogP contribution is -2.22. The maximum Gasteiger partial charge on any atom is 0.272 e. The quantitative estimate of drug-likeness (QED) is 0.561. The van der Waals surface area contributed by atoms with Crippen LogP contribution >= 0.6 is 0 Å². The van der Waals surface area contributed by atoms with Gasteiger partial charge in [0.1, 0.15) is 5.69 Å². The average Bonchev–Trinajstić information content (AvgIpc) is 3.41. The number of benzene rings is 1. The Kier molecular flexibility index (Phi) is 4.34. The van der Waals surface area contributed by atoms with Gasteiger partial charge in [0.05, 0.1) is 19.0 Å². The van der Waals surface area contributed by atoms with E-state index < -0.39 is 0 Å². The Labute approximate surface area is 149 Å². The SMILES string of the molecule is O=C(NCc1cnn(Cc2ccccc2)c1)c1cc(-c2ccco2)[nH]n1. The highest BCUT2D eigenvalue weighted by molar-refractivity contribution is 5.93. The molecule has 3 heterocycles. The van der Waals surface area contributed by atoms with Crippen LogP contribution in [-0.2, 0) is 13.1 Å². The van der Waals surface area contributed by atoms with E-state index >= 15 is 0 Å². The average molecular weight is 347 g/mol. The van der Waals surface area contributed by atoms with E-state index in [0.29, 0.717) is 30.2 Å². The Morgan fingerprint density at radius 1 is 1.15 bits per heavy atom. The first-order valence-electron chi connectivity index (χ1n) is 8.21. The molecule has 0 unspecified atom stereocenters. The van der Waals surface area contributed by atoms with Crippen molar-refractivity contribution in [2.24, 2.45) is 0 Å². The minimum absolute atomic E-state index is 0.255. The summed E-state index contributed by atoms with van der Waals surface area (Å²) in [6, 6.07) is 15.3. The van der Waals surface area contributed by atoms with Crippen molar-refractivity contribution in [3.63, 3.8) is 0 Å². The summed E-state index contributed by atoms with van der Waals surface area (Å²) in [6.45, 7) is 1.08. The number of carbonyl (C=O) groups excluding carboxylic acids is 1. The Balaban J connectivity index is 1.35. The van der Waals surface area contributed by atoms with Gasteiger partial charge in [-0.05, 0) is 17.7 Å². The van der Waals surface area contributed by atoms with E-state index in [9.17, 15) is 4.79 Å². The van der Waals surface area contributed by atoms with Crippen LogP contribution in [0.2, 0.25) is 0 Å². The highest BCUT2D eigenvalue weighted by atomic mass is 16.3. The summed E-state index contributed by atoms with van der Waals surface area (Å²) in [6.07, 6.45) is 5.25. The zero-order chi connectivity index (χ0) is 17.8. The molecule has 0 aliphatic carbocycles. The van der Waals surface area contributed by atoms with Crippen molar-refractivity contribution in [3.05, 3.63) is 84.0 Å². The molecule has 0 saturated carbocycles. The molecule has 7 nitrogen and oxygen atoms in total. The smallest absolute Gasteiger partial charge is 0.272 e. The third-order valence-corrected chi connectivity index (χ3v) is 3.92. The van der Waals surface area contributed by atoms with Crippen LogP contribution in [0.25, 0.3) is 11.5 Å². The van der Waals surface area contributed by atoms with Crippen LogP contribution < -0.4 is 5.32 Å². The van der Waals surface area contributed by atoms with Crippen LogP contribution in [0.3, 0.4) is 0 Å². The number of nitrogens with zero attached hydrogens (tertiary/aromatic N) is 3. The van der Waals surface area contributed by atoms with E-state index in [-0.39, 0.29) is 5.91 Å². The maximum absolute atomic E-state index is 12.2. The normalized spacial score (nSPS) is 10.8. The molecule has 0 aliphatic heterocycles. The van der Waals surface area contributed by atoms with Gasteiger partial charge in [-0.3, -0.25) is 14.6 Å². The predicted molar refractivity (Wildman–Crippen MR) is 95.2 cm³/mol. The van der Waals surface area contributed by atoms with Crippen LogP contribution in [-0.4, -0.2) is 25.9 Å². The maximum atomic E-state index is 12.2. The first kappa shape index (κ1) is 15.9. The van der Waals surface area contributed by atoms with Crippen LogP contribution in [0.5, 0.6) is 0 Å². The van der Waals surface area contributed by atoms with Crippen molar-refractivity contribution in [2.75, 3.05) is 0 Å². The number of aromatic amines is 1. The molecule has 0 radical (unpaired) electrons. The van der Waals surface area contributed by atoms with Gasteiger partial charge in [0.15, 0.2) is 11.5 Å². The van der Waals surface area contributed by atoms with Crippen LogP contribution in [0.15, 0.2) is 71.6 Å². The lowest BCUT2D eigenvalue weighted by molar-refractivity contribution is 0.0946. The fraction of sp³-hybridized carbons (Fsp3) is 0.105. The molecule has 0 fully saturated rings. The van der Waals surface area contributed by atoms with Gasteiger partial charge in [-0.1, -0.05) is 30.3 Å². The molecular formula is C19H17N5O2. The molecule has 0 aliphatic rings. The zero-order valence-corrected chi connectivity index (χ0v) is 13.9. The molecule has 0 saturated heterocycles. The molecule has 26 heavy (non-hydrogen) atoms. The largest absolute Gasteiger partial charge is 0.463 e. The fourth-order valence-corrected chi connectivity index (χ4v) is 2.62. The van der Waals surface area contributed by atoms with E-state index in [0.717, 1.165) is 5.56 Å². The van der Waals surface area contributed by atoms with E-state index in [2.05, 4.69) is 32.7 Å². The first-order chi connectivity index (χ1) is 12.8. The number of H-pyrrole nitrogens is 1. The van der Waals surface area contributed by atoms with Crippen LogP contribution in [0, 0.1) is 0 Å². The molecule has 4 rings (SSSR count). The lowest BCUT2D eigenvalue weighted by Gasteiger charge is -2.01. The fourth-order valence-electron chi connectivity index (χ4n) is 2.62. The van der Waals surface area contributed by atoms with Gasteiger partial charge in [-0.15, -0.1) is 0 Å². The van der Waals surface area contributed by atoms with Gasteiger partial charge in [0.25, 0.3) is 5.91 Å². The third-order valence-electron chi connectivity index (χ3n) is 3.92. The summed E-state index contributed by atoms with van der Waals surface area (Å²) in [5, 5.41) is 14.0. The highest BCUT2D eigenvalue weighted by Crippen LogP contribution is 2.17. The van der Waals surface area contributed by atoms with Crippen molar-refractivity contribution in [1.82, 2.24) is 25.3 Å². The van der Waals surface area contributed by atoms with Crippen molar-refractivity contribution in [3.8, 4) is 11.5 Å². The highest BCUT2D eigenvalue weighted by Gasteiger charge is 2.12. The summed E-state index contributed by atoms with van der Waals surface area (Å²) in [4.78, 5) is 12.2. The molecular weight excluding hydrogens is 330 g/mol. The van der Waals surface area contributed by atoms with E-state index in [4.69, 9.17) is 4.42 Å². The molecule has 4 aromatic rings. The Hall–Kier alpha value is -3.61. The number of furan rings is 1. The van der Waals surface area contributed by atoms with Crippen LogP contribution in [0.4, 0.5) is 0 Å². The summed E-state index contributed by atoms with van der Waals surface area (Å²) < 4.78 is 7.13. The number of carbonyl (C=O) groups is 1. The van der Waals surface area contributed by atoms with Crippen molar-refractivity contribution < 1.29 is 9.21 Å². The second kappa shape index (κ2) is 7.10. The van der Waals surface area contributed by atoms with E-state index in [1.165, 1.54) is 5.56 Å². The topological polar surface area (TPSA) is 88.7 Å². The number of nitrogens with one attached hydrogen (secondary N) is 2. The van der Waals surface area contributed by atoms with Gasteiger partial charge >= 0.3 is 0 Å². The predicted octanol–water partition coefficient (Wildman–Crippen LogP) is 2.84. The molecule has 130 valence electrons. The standard InChI is InChI=1S/C19H17N5O2/c25-19(17-9-16(22-23-17)18-7-4-8-26-18)20-10-15-11-21-24(13-15)12-14-5-2-1-3-6-14/h1-9,11,13H,10,12H2,(H,20,25)(H,22,23). The zero-order valence-electron chi connectivity index (χ0n) is 13.9. The Bertz CT molecular complexity index is 986. The number of hydrogen-bond donors (Lipinski definition) is 2. The van der Waals surface area contributed by atoms with Crippen LogP contribution in [0.1, 0.15) is 21.6 Å². The van der Waals surface area contributed by atoms with Crippen molar-refractivity contribution in [2.45, 2.75) is 13.1 Å². The first-order valence-corrected chi connectivity index (χ1v) is 8.21. The lowest BCUT2D eigenvalue weighted by atomic mass is 10.2. The van der Waals surface area contributed by atoms with Gasteiger partial charge in [-0.2, -0.15) is 10.2 Å². The minimum Gasteiger partial charge on any atom is -0.463 e. The Morgan fingerprint density at radius 2 is 2.04 bits per heavy atom. The summed E-state index contributed by atoms with van der Waals surface area (Å²) in [5.74, 6) is 0.383. The summed E-state index contributed by atoms with van der Waals surface area (Å²) in [7, 11) is 0. The molecule has 0 atom stereocenters. The summed E-state index contributed by atoms with van der Waals surface area (Å²) >= 11 is 0. The number of rotatable bonds is 6.